The number of methoxy groups -OCH3 is 2. The summed E-state index contributed by atoms with van der Waals surface area (Å²) in [5, 5.41) is 8.26. The minimum Gasteiger partial charge on any atom is -0.383 e. The highest BCUT2D eigenvalue weighted by molar-refractivity contribution is 6.29. The van der Waals surface area contributed by atoms with Crippen LogP contribution in [0.1, 0.15) is 5.69 Å². The Morgan fingerprint density at radius 3 is 2.24 bits per heavy atom. The quantitative estimate of drug-likeness (QED) is 0.703. The minimum atomic E-state index is 0.411. The fourth-order valence-electron chi connectivity index (χ4n) is 1.37. The van der Waals surface area contributed by atoms with Gasteiger partial charge in [-0.3, -0.25) is 4.90 Å². The second-order valence-corrected chi connectivity index (χ2v) is 4.00. The van der Waals surface area contributed by atoms with Crippen LogP contribution < -0.4 is 0 Å². The Hall–Kier alpha value is -0.750. The maximum Gasteiger partial charge on any atom is 0.151 e. The Labute approximate surface area is 107 Å². The highest BCUT2D eigenvalue weighted by atomic mass is 35.5. The maximum atomic E-state index is 5.69. The van der Waals surface area contributed by atoms with Crippen molar-refractivity contribution in [2.24, 2.45) is 0 Å². The van der Waals surface area contributed by atoms with Gasteiger partial charge in [0.1, 0.15) is 0 Å². The molecule has 0 spiro atoms. The SMILES string of the molecule is COCCN(CCOC)Cc1ccc(Cl)nn1. The smallest absolute Gasteiger partial charge is 0.151 e. The molecular weight excluding hydrogens is 242 g/mol. The number of ether oxygens (including phenoxy) is 2. The van der Waals surface area contributed by atoms with Crippen LogP contribution >= 0.6 is 11.6 Å². The Bertz CT molecular complexity index is 300. The summed E-state index contributed by atoms with van der Waals surface area (Å²) in [6.45, 7) is 3.76. The molecule has 0 radical (unpaired) electrons. The maximum absolute atomic E-state index is 5.69. The van der Waals surface area contributed by atoms with Crippen LogP contribution in [0.3, 0.4) is 0 Å². The van der Waals surface area contributed by atoms with E-state index in [1.165, 1.54) is 0 Å². The molecule has 0 bridgehead atoms. The zero-order valence-corrected chi connectivity index (χ0v) is 11.0. The molecule has 0 atom stereocenters. The van der Waals surface area contributed by atoms with Gasteiger partial charge in [-0.2, -0.15) is 5.10 Å². The minimum absolute atomic E-state index is 0.411. The Balaban J connectivity index is 2.48. The first-order valence-corrected chi connectivity index (χ1v) is 5.82. The molecule has 1 rings (SSSR count). The largest absolute Gasteiger partial charge is 0.383 e. The first kappa shape index (κ1) is 14.3. The average Bonchev–Trinajstić information content (AvgIpc) is 2.35. The third-order valence-corrected chi connectivity index (χ3v) is 2.50. The van der Waals surface area contributed by atoms with Gasteiger partial charge >= 0.3 is 0 Å². The van der Waals surface area contributed by atoms with Gasteiger partial charge in [-0.1, -0.05) is 11.6 Å². The summed E-state index contributed by atoms with van der Waals surface area (Å²) in [5.41, 5.74) is 0.890. The molecule has 1 heterocycles. The number of hydrogen-bond acceptors (Lipinski definition) is 5. The molecule has 0 fully saturated rings. The molecule has 96 valence electrons. The number of rotatable bonds is 8. The summed E-state index contributed by atoms with van der Waals surface area (Å²) in [6.07, 6.45) is 0. The Morgan fingerprint density at radius 2 is 1.76 bits per heavy atom. The molecule has 0 saturated carbocycles. The molecule has 6 heteroatoms. The molecule has 0 N–H and O–H groups in total. The van der Waals surface area contributed by atoms with Crippen LogP contribution in [0.15, 0.2) is 12.1 Å². The van der Waals surface area contributed by atoms with Gasteiger partial charge in [-0.25, -0.2) is 0 Å². The average molecular weight is 260 g/mol. The third kappa shape index (κ3) is 5.93. The molecular formula is C11H18ClN3O2. The van der Waals surface area contributed by atoms with E-state index in [9.17, 15) is 0 Å². The van der Waals surface area contributed by atoms with Gasteiger partial charge in [0.2, 0.25) is 0 Å². The van der Waals surface area contributed by atoms with Gasteiger partial charge in [0, 0.05) is 33.9 Å². The molecule has 0 unspecified atom stereocenters. The lowest BCUT2D eigenvalue weighted by Gasteiger charge is -2.20. The Kier molecular flexibility index (Phi) is 7.04. The van der Waals surface area contributed by atoms with Crippen molar-refractivity contribution >= 4 is 11.6 Å². The van der Waals surface area contributed by atoms with Gasteiger partial charge in [0.25, 0.3) is 0 Å². The van der Waals surface area contributed by atoms with E-state index >= 15 is 0 Å². The highest BCUT2D eigenvalue weighted by Gasteiger charge is 2.07. The number of hydrogen-bond donors (Lipinski definition) is 0. The summed E-state index contributed by atoms with van der Waals surface area (Å²) >= 11 is 5.69. The third-order valence-electron chi connectivity index (χ3n) is 2.30. The predicted octanol–water partition coefficient (Wildman–Crippen LogP) is 1.22. The molecule has 0 aliphatic rings. The zero-order valence-electron chi connectivity index (χ0n) is 10.2. The lowest BCUT2D eigenvalue weighted by molar-refractivity contribution is 0.109. The monoisotopic (exact) mass is 259 g/mol. The second-order valence-electron chi connectivity index (χ2n) is 3.61. The van der Waals surface area contributed by atoms with Crippen molar-refractivity contribution in [1.82, 2.24) is 15.1 Å². The van der Waals surface area contributed by atoms with Gasteiger partial charge in [-0.15, -0.1) is 5.10 Å². The lowest BCUT2D eigenvalue weighted by Crippen LogP contribution is -2.30. The molecule has 1 aromatic rings. The van der Waals surface area contributed by atoms with E-state index < -0.39 is 0 Å². The van der Waals surface area contributed by atoms with Crippen molar-refractivity contribution in [1.29, 1.82) is 0 Å². The zero-order chi connectivity index (χ0) is 12.5. The molecule has 5 nitrogen and oxygen atoms in total. The number of nitrogens with zero attached hydrogens (tertiary/aromatic N) is 3. The molecule has 0 saturated heterocycles. The normalized spacial score (nSPS) is 11.1. The van der Waals surface area contributed by atoms with Gasteiger partial charge in [-0.05, 0) is 12.1 Å². The van der Waals surface area contributed by atoms with Crippen LogP contribution in [0, 0.1) is 0 Å². The number of aromatic nitrogens is 2. The fraction of sp³-hybridized carbons (Fsp3) is 0.636. The van der Waals surface area contributed by atoms with E-state index in [4.69, 9.17) is 21.1 Å². The van der Waals surface area contributed by atoms with Crippen LogP contribution in [0.2, 0.25) is 5.15 Å². The van der Waals surface area contributed by atoms with Crippen molar-refractivity contribution in [3.8, 4) is 0 Å². The van der Waals surface area contributed by atoms with Crippen LogP contribution in [-0.2, 0) is 16.0 Å². The van der Waals surface area contributed by atoms with E-state index in [0.717, 1.165) is 25.3 Å². The van der Waals surface area contributed by atoms with Crippen LogP contribution in [0.4, 0.5) is 0 Å². The van der Waals surface area contributed by atoms with E-state index in [1.54, 1.807) is 20.3 Å². The van der Waals surface area contributed by atoms with E-state index in [0.29, 0.717) is 18.4 Å². The first-order chi connectivity index (χ1) is 8.26. The van der Waals surface area contributed by atoms with E-state index in [1.807, 2.05) is 6.07 Å². The first-order valence-electron chi connectivity index (χ1n) is 5.44. The fourth-order valence-corrected chi connectivity index (χ4v) is 1.47. The van der Waals surface area contributed by atoms with Gasteiger partial charge < -0.3 is 9.47 Å². The van der Waals surface area contributed by atoms with Crippen LogP contribution in [0.5, 0.6) is 0 Å². The van der Waals surface area contributed by atoms with Gasteiger partial charge in [0.15, 0.2) is 5.15 Å². The molecule has 1 aromatic heterocycles. The van der Waals surface area contributed by atoms with Crippen molar-refractivity contribution in [2.75, 3.05) is 40.5 Å². The highest BCUT2D eigenvalue weighted by Crippen LogP contribution is 2.05. The topological polar surface area (TPSA) is 47.5 Å². The summed E-state index contributed by atoms with van der Waals surface area (Å²) in [5.74, 6) is 0. The summed E-state index contributed by atoms with van der Waals surface area (Å²) < 4.78 is 10.1. The molecule has 0 aromatic carbocycles. The van der Waals surface area contributed by atoms with E-state index in [-0.39, 0.29) is 0 Å². The molecule has 0 aliphatic carbocycles. The molecule has 0 amide bonds. The standard InChI is InChI=1S/C11H18ClN3O2/c1-16-7-5-15(6-8-17-2)9-10-3-4-11(12)14-13-10/h3-4H,5-9H2,1-2H3. The Morgan fingerprint density at radius 1 is 1.12 bits per heavy atom. The van der Waals surface area contributed by atoms with Crippen molar-refractivity contribution < 1.29 is 9.47 Å². The summed E-state index contributed by atoms with van der Waals surface area (Å²) in [7, 11) is 3.38. The van der Waals surface area contributed by atoms with Crippen molar-refractivity contribution in [2.45, 2.75) is 6.54 Å². The van der Waals surface area contributed by atoms with Crippen LogP contribution in [-0.4, -0.2) is 55.6 Å². The second kappa shape index (κ2) is 8.36. The van der Waals surface area contributed by atoms with Crippen LogP contribution in [0.25, 0.3) is 0 Å². The number of halogens is 1. The van der Waals surface area contributed by atoms with Crippen molar-refractivity contribution in [3.05, 3.63) is 23.0 Å². The molecule has 17 heavy (non-hydrogen) atoms. The van der Waals surface area contributed by atoms with Crippen molar-refractivity contribution in [3.63, 3.8) is 0 Å². The summed E-state index contributed by atoms with van der Waals surface area (Å²) in [6, 6.07) is 3.62. The predicted molar refractivity (Wildman–Crippen MR) is 66.1 cm³/mol. The molecule has 0 aliphatic heterocycles. The summed E-state index contributed by atoms with van der Waals surface area (Å²) in [4.78, 5) is 2.20. The van der Waals surface area contributed by atoms with E-state index in [2.05, 4.69) is 15.1 Å². The van der Waals surface area contributed by atoms with Gasteiger partial charge in [0.05, 0.1) is 18.9 Å². The lowest BCUT2D eigenvalue weighted by atomic mass is 10.3.